The molecule has 0 spiro atoms. The van der Waals surface area contributed by atoms with Gasteiger partial charge in [0.1, 0.15) is 34.8 Å². The lowest BCUT2D eigenvalue weighted by atomic mass is 9.86. The summed E-state index contributed by atoms with van der Waals surface area (Å²) < 4.78 is 88.5. The van der Waals surface area contributed by atoms with E-state index in [4.69, 9.17) is 15.6 Å². The second-order valence-corrected chi connectivity index (χ2v) is 18.7. The molecule has 428 valence electrons. The zero-order chi connectivity index (χ0) is 55.3. The monoisotopic (exact) mass is 1160 g/mol. The molecule has 2 aromatic carbocycles. The average Bonchev–Trinajstić information content (AvgIpc) is 3.33. The van der Waals surface area contributed by atoms with Crippen molar-refractivity contribution in [2.45, 2.75) is 130 Å². The number of carboxylic acid groups (broad SMARTS) is 1. The predicted molar refractivity (Wildman–Crippen MR) is 280 cm³/mol. The molecule has 0 bridgehead atoms. The highest BCUT2D eigenvalue weighted by Gasteiger charge is 2.33. The number of benzene rings is 2. The van der Waals surface area contributed by atoms with Crippen molar-refractivity contribution >= 4 is 62.8 Å². The first-order chi connectivity index (χ1) is 35.3. The molecule has 2 saturated carbocycles. The Morgan fingerprint density at radius 1 is 0.701 bits per heavy atom. The summed E-state index contributed by atoms with van der Waals surface area (Å²) in [6, 6.07) is 11.6. The number of ether oxygens (including phenoxy) is 3. The van der Waals surface area contributed by atoms with Crippen LogP contribution >= 0.6 is 15.9 Å². The largest absolute Gasteiger partial charge is 0.573 e. The Morgan fingerprint density at radius 2 is 1.10 bits per heavy atom. The van der Waals surface area contributed by atoms with Gasteiger partial charge < -0.3 is 51.6 Å². The molecule has 2 aromatic heterocycles. The number of carbonyl (C=O) groups excluding carboxylic acids is 1. The number of aromatic nitrogens is 4. The standard InChI is InChI=1S/C21H25F3N6O5.C19H23F3N6O3.C6H11BrO2.2CH4/c22-21(23,24)35-17-4-2-1-3-14(17)10-27-20-28-11-16(30(33)34)19(29-20)26-9-13-5-7-15(8-6-13)25-12-18(31)32;20-19(21,22)31-16-4-2-1-3-13(16)10-25-18-26-11-15(28(29)30)17(27-18)24-9-12-5-7-14(23)8-6-12;1-6(2,3)9-5(8)4-7;;/h1-4,11,13,15,25H,5-10,12H2,(H,31,32)(H2,26,27,28,29);1-4,11-12,14H,5-10,23H2,(H2,24,25,26,27);4H2,1-3H3;2*1H4. The molecule has 2 aliphatic rings. The molecule has 2 heterocycles. The Labute approximate surface area is 449 Å². The summed E-state index contributed by atoms with van der Waals surface area (Å²) in [4.78, 5) is 58.8. The van der Waals surface area contributed by atoms with Gasteiger partial charge >= 0.3 is 36.0 Å². The van der Waals surface area contributed by atoms with E-state index in [0.717, 1.165) is 63.8 Å². The normalized spacial score (nSPS) is 17.1. The summed E-state index contributed by atoms with van der Waals surface area (Å²) in [6.07, 6.45) is -0.710. The minimum atomic E-state index is -4.84. The molecular formula is C48H67BrF6N12O10. The highest BCUT2D eigenvalue weighted by molar-refractivity contribution is 9.09. The van der Waals surface area contributed by atoms with Crippen LogP contribution in [0.25, 0.3) is 0 Å². The lowest BCUT2D eigenvalue weighted by Gasteiger charge is -2.29. The van der Waals surface area contributed by atoms with Gasteiger partial charge in [0.15, 0.2) is 0 Å². The SMILES string of the molecule is C.C.CC(C)(C)OC(=O)CBr.NC1CCC(CNc2nc(NCc3ccccc3OC(F)(F)F)ncc2[N+](=O)[O-])CC1.O=C(O)CNC1CCC(CNc2nc(NCc3ccccc3OC(F)(F)F)ncc2[N+](=O)[O-])CC1. The van der Waals surface area contributed by atoms with Gasteiger partial charge in [-0.3, -0.25) is 29.8 Å². The number of carbonyl (C=O) groups is 2. The minimum Gasteiger partial charge on any atom is -0.480 e. The number of nitrogens with one attached hydrogen (secondary N) is 5. The first kappa shape index (κ1) is 66.2. The van der Waals surface area contributed by atoms with Gasteiger partial charge in [-0.2, -0.15) is 9.97 Å². The minimum absolute atomic E-state index is 0. The quantitative estimate of drug-likeness (QED) is 0.0142. The lowest BCUT2D eigenvalue weighted by molar-refractivity contribution is -0.384. The van der Waals surface area contributed by atoms with E-state index >= 15 is 0 Å². The second-order valence-electron chi connectivity index (χ2n) is 18.1. The van der Waals surface area contributed by atoms with Crippen LogP contribution in [0, 0.1) is 32.1 Å². The summed E-state index contributed by atoms with van der Waals surface area (Å²) in [5.74, 6) is -1.21. The van der Waals surface area contributed by atoms with Crippen LogP contribution in [0.2, 0.25) is 0 Å². The molecule has 77 heavy (non-hydrogen) atoms. The first-order valence-corrected chi connectivity index (χ1v) is 24.5. The number of nitrogens with zero attached hydrogens (tertiary/aromatic N) is 6. The average molecular weight is 1170 g/mol. The van der Waals surface area contributed by atoms with Crippen LogP contribution in [0.4, 0.5) is 61.2 Å². The zero-order valence-corrected chi connectivity index (χ0v) is 42.6. The summed E-state index contributed by atoms with van der Waals surface area (Å²) in [5, 5.41) is 46.3. The Balaban J connectivity index is 0.000000446. The van der Waals surface area contributed by atoms with Crippen LogP contribution in [0.1, 0.15) is 98.1 Å². The predicted octanol–water partition coefficient (Wildman–Crippen LogP) is 10.4. The van der Waals surface area contributed by atoms with Crippen molar-refractivity contribution in [3.05, 3.63) is 92.3 Å². The highest BCUT2D eigenvalue weighted by Crippen LogP contribution is 2.31. The smallest absolute Gasteiger partial charge is 0.480 e. The molecule has 6 rings (SSSR count). The fourth-order valence-corrected chi connectivity index (χ4v) is 7.71. The van der Waals surface area contributed by atoms with Crippen LogP contribution < -0.4 is 41.8 Å². The second kappa shape index (κ2) is 31.4. The number of halogens is 7. The number of aliphatic carboxylic acids is 1. The number of para-hydroxylation sites is 2. The van der Waals surface area contributed by atoms with Gasteiger partial charge in [-0.25, -0.2) is 9.97 Å². The van der Waals surface area contributed by atoms with E-state index in [2.05, 4.69) is 71.9 Å². The third-order valence-electron chi connectivity index (χ3n) is 11.1. The van der Waals surface area contributed by atoms with Gasteiger partial charge in [0.25, 0.3) is 0 Å². The number of alkyl halides is 7. The summed E-state index contributed by atoms with van der Waals surface area (Å²) in [5.41, 5.74) is 5.38. The van der Waals surface area contributed by atoms with Gasteiger partial charge in [0.2, 0.25) is 23.5 Å². The van der Waals surface area contributed by atoms with Crippen LogP contribution in [-0.4, -0.2) is 102 Å². The van der Waals surface area contributed by atoms with Gasteiger partial charge in [-0.15, -0.1) is 26.3 Å². The summed E-state index contributed by atoms with van der Waals surface area (Å²) in [6.45, 7) is 6.19. The fourth-order valence-electron chi connectivity index (χ4n) is 7.59. The van der Waals surface area contributed by atoms with Crippen molar-refractivity contribution in [2.75, 3.05) is 46.2 Å². The van der Waals surface area contributed by atoms with Crippen molar-refractivity contribution in [1.82, 2.24) is 25.3 Å². The van der Waals surface area contributed by atoms with Crippen molar-refractivity contribution in [3.8, 4) is 11.5 Å². The molecule has 0 unspecified atom stereocenters. The third-order valence-corrected chi connectivity index (χ3v) is 11.6. The molecule has 0 radical (unpaired) electrons. The molecule has 2 aliphatic carbocycles. The molecule has 4 aromatic rings. The number of hydrogen-bond acceptors (Lipinski definition) is 19. The third kappa shape index (κ3) is 25.2. The lowest BCUT2D eigenvalue weighted by Crippen LogP contribution is -2.37. The van der Waals surface area contributed by atoms with Crippen molar-refractivity contribution in [1.29, 1.82) is 0 Å². The number of esters is 1. The molecular weight excluding hydrogens is 1100 g/mol. The zero-order valence-electron chi connectivity index (χ0n) is 41.0. The van der Waals surface area contributed by atoms with Gasteiger partial charge in [0.05, 0.1) is 16.4 Å². The van der Waals surface area contributed by atoms with Crippen LogP contribution in [0.3, 0.4) is 0 Å². The molecule has 0 saturated heterocycles. The number of anilines is 4. The van der Waals surface area contributed by atoms with Crippen LogP contribution in [-0.2, 0) is 27.4 Å². The number of hydrogen-bond donors (Lipinski definition) is 7. The number of rotatable bonds is 20. The molecule has 22 nitrogen and oxygen atoms in total. The molecule has 0 amide bonds. The maximum atomic E-state index is 12.6. The van der Waals surface area contributed by atoms with Crippen LogP contribution in [0.5, 0.6) is 11.5 Å². The van der Waals surface area contributed by atoms with Gasteiger partial charge in [0, 0.05) is 49.4 Å². The van der Waals surface area contributed by atoms with Gasteiger partial charge in [-0.1, -0.05) is 67.2 Å². The van der Waals surface area contributed by atoms with Crippen molar-refractivity contribution < 1.29 is 65.1 Å². The Kier molecular flexibility index (Phi) is 27.0. The Hall–Kier alpha value is -6.88. The van der Waals surface area contributed by atoms with Crippen molar-refractivity contribution in [2.24, 2.45) is 17.6 Å². The molecule has 8 N–H and O–H groups in total. The molecule has 29 heteroatoms. The number of nitrogens with two attached hydrogens (primary N) is 1. The van der Waals surface area contributed by atoms with E-state index in [-0.39, 0.29) is 127 Å². The van der Waals surface area contributed by atoms with Crippen LogP contribution in [0.15, 0.2) is 60.9 Å². The molecule has 2 fully saturated rings. The van der Waals surface area contributed by atoms with E-state index < -0.39 is 28.5 Å². The molecule has 0 atom stereocenters. The van der Waals surface area contributed by atoms with E-state index in [9.17, 15) is 56.2 Å². The molecule has 0 aliphatic heterocycles. The van der Waals surface area contributed by atoms with E-state index in [1.54, 1.807) is 12.1 Å². The van der Waals surface area contributed by atoms with E-state index in [1.165, 1.54) is 36.4 Å². The first-order valence-electron chi connectivity index (χ1n) is 23.4. The topological polar surface area (TPSA) is 306 Å². The Bertz CT molecular complexity index is 2500. The van der Waals surface area contributed by atoms with E-state index in [1.807, 2.05) is 20.8 Å². The van der Waals surface area contributed by atoms with Crippen molar-refractivity contribution in [3.63, 3.8) is 0 Å². The van der Waals surface area contributed by atoms with E-state index in [0.29, 0.717) is 19.0 Å². The maximum absolute atomic E-state index is 12.6. The summed E-state index contributed by atoms with van der Waals surface area (Å²) in [7, 11) is 0. The number of carboxylic acids is 1. The Morgan fingerprint density at radius 3 is 1.45 bits per heavy atom. The highest BCUT2D eigenvalue weighted by atomic mass is 79.9. The fraction of sp³-hybridized carbons (Fsp3) is 0.542. The number of nitro groups is 2. The summed E-state index contributed by atoms with van der Waals surface area (Å²) >= 11 is 2.99. The maximum Gasteiger partial charge on any atom is 0.573 e. The van der Waals surface area contributed by atoms with Gasteiger partial charge in [-0.05, 0) is 96.1 Å².